The molecule has 0 saturated carbocycles. The molecule has 2 heterocycles. The van der Waals surface area contributed by atoms with E-state index >= 15 is 0 Å². The molecular formula is C17H20N4OS. The van der Waals surface area contributed by atoms with Crippen LogP contribution >= 0.6 is 12.2 Å². The van der Waals surface area contributed by atoms with Gasteiger partial charge in [-0.2, -0.15) is 5.10 Å². The van der Waals surface area contributed by atoms with Gasteiger partial charge < -0.3 is 15.1 Å². The third kappa shape index (κ3) is 4.10. The molecule has 6 heteroatoms. The van der Waals surface area contributed by atoms with E-state index in [-0.39, 0.29) is 5.11 Å². The number of rotatable bonds is 4. The van der Waals surface area contributed by atoms with Gasteiger partial charge in [-0.25, -0.2) is 0 Å². The molecule has 120 valence electrons. The first kappa shape index (κ1) is 15.6. The number of furan rings is 1. The maximum atomic E-state index is 5.80. The van der Waals surface area contributed by atoms with Crippen molar-refractivity contribution in [1.29, 1.82) is 0 Å². The Balaban J connectivity index is 1.57. The van der Waals surface area contributed by atoms with Crippen LogP contribution in [-0.4, -0.2) is 24.4 Å². The van der Waals surface area contributed by atoms with Gasteiger partial charge in [0.2, 0.25) is 0 Å². The first-order chi connectivity index (χ1) is 11.2. The van der Waals surface area contributed by atoms with Crippen LogP contribution in [0.15, 0.2) is 52.0 Å². The molecular weight excluding hydrogens is 308 g/mol. The van der Waals surface area contributed by atoms with E-state index in [9.17, 15) is 0 Å². The van der Waals surface area contributed by atoms with Crippen LogP contribution in [0.5, 0.6) is 0 Å². The Kier molecular flexibility index (Phi) is 4.92. The number of piperidine rings is 1. The molecule has 1 saturated heterocycles. The maximum Gasteiger partial charge on any atom is 0.196 e. The van der Waals surface area contributed by atoms with E-state index in [2.05, 4.69) is 58.0 Å². The molecule has 3 rings (SSSR count). The molecule has 0 unspecified atom stereocenters. The molecule has 0 amide bonds. The SMILES string of the molecule is NC(=S)NN=Cc1ccc(N2CCC(c3ccccc3)CC2)o1. The van der Waals surface area contributed by atoms with E-state index in [0.717, 1.165) is 31.8 Å². The molecule has 0 aliphatic carbocycles. The zero-order valence-corrected chi connectivity index (χ0v) is 13.6. The van der Waals surface area contributed by atoms with Gasteiger partial charge >= 0.3 is 0 Å². The van der Waals surface area contributed by atoms with Crippen molar-refractivity contribution < 1.29 is 4.42 Å². The molecule has 1 aliphatic heterocycles. The second-order valence-corrected chi connectivity index (χ2v) is 6.02. The summed E-state index contributed by atoms with van der Waals surface area (Å²) in [4.78, 5) is 2.28. The molecule has 3 N–H and O–H groups in total. The number of nitrogens with two attached hydrogens (primary N) is 1. The summed E-state index contributed by atoms with van der Waals surface area (Å²) in [6.07, 6.45) is 3.84. The van der Waals surface area contributed by atoms with Crippen LogP contribution in [0.4, 0.5) is 5.88 Å². The lowest BCUT2D eigenvalue weighted by Gasteiger charge is -2.32. The molecule has 2 aromatic rings. The summed E-state index contributed by atoms with van der Waals surface area (Å²) in [5.41, 5.74) is 9.25. The molecule has 1 aromatic carbocycles. The average molecular weight is 328 g/mol. The Hall–Kier alpha value is -2.34. The van der Waals surface area contributed by atoms with Crippen LogP contribution in [0.3, 0.4) is 0 Å². The van der Waals surface area contributed by atoms with E-state index in [4.69, 9.17) is 10.2 Å². The predicted octanol–water partition coefficient (Wildman–Crippen LogP) is 2.83. The summed E-state index contributed by atoms with van der Waals surface area (Å²) in [7, 11) is 0. The maximum absolute atomic E-state index is 5.80. The van der Waals surface area contributed by atoms with Gasteiger partial charge in [-0.05, 0) is 42.6 Å². The van der Waals surface area contributed by atoms with Crippen LogP contribution in [0.2, 0.25) is 0 Å². The predicted molar refractivity (Wildman–Crippen MR) is 96.9 cm³/mol. The summed E-state index contributed by atoms with van der Waals surface area (Å²) >= 11 is 4.68. The fourth-order valence-electron chi connectivity index (χ4n) is 2.90. The molecule has 5 nitrogen and oxygen atoms in total. The van der Waals surface area contributed by atoms with E-state index in [1.165, 1.54) is 5.56 Å². The number of benzene rings is 1. The monoisotopic (exact) mass is 328 g/mol. The van der Waals surface area contributed by atoms with Crippen LogP contribution in [-0.2, 0) is 0 Å². The lowest BCUT2D eigenvalue weighted by Crippen LogP contribution is -2.32. The minimum Gasteiger partial charge on any atom is -0.440 e. The zero-order valence-electron chi connectivity index (χ0n) is 12.8. The minimum atomic E-state index is 0.135. The van der Waals surface area contributed by atoms with Crippen molar-refractivity contribution in [2.24, 2.45) is 10.8 Å². The fourth-order valence-corrected chi connectivity index (χ4v) is 2.95. The first-order valence-electron chi connectivity index (χ1n) is 7.70. The van der Waals surface area contributed by atoms with Gasteiger partial charge in [0.05, 0.1) is 6.21 Å². The highest BCUT2D eigenvalue weighted by atomic mass is 32.1. The van der Waals surface area contributed by atoms with Crippen molar-refractivity contribution >= 4 is 29.4 Å². The number of nitrogens with zero attached hydrogens (tertiary/aromatic N) is 2. The number of anilines is 1. The summed E-state index contributed by atoms with van der Waals surface area (Å²) in [6, 6.07) is 14.6. The third-order valence-corrected chi connectivity index (χ3v) is 4.15. The van der Waals surface area contributed by atoms with Gasteiger partial charge in [-0.1, -0.05) is 30.3 Å². The Morgan fingerprint density at radius 1 is 1.22 bits per heavy atom. The van der Waals surface area contributed by atoms with Crippen LogP contribution in [0, 0.1) is 0 Å². The molecule has 1 aliphatic rings. The second-order valence-electron chi connectivity index (χ2n) is 5.58. The number of hydrogen-bond donors (Lipinski definition) is 2. The smallest absolute Gasteiger partial charge is 0.196 e. The topological polar surface area (TPSA) is 66.8 Å². The Labute approximate surface area is 141 Å². The molecule has 0 radical (unpaired) electrons. The number of nitrogens with one attached hydrogen (secondary N) is 1. The van der Waals surface area contributed by atoms with Gasteiger partial charge in [0.25, 0.3) is 0 Å². The number of hydrogen-bond acceptors (Lipinski definition) is 4. The summed E-state index contributed by atoms with van der Waals surface area (Å²) in [5, 5.41) is 4.03. The quantitative estimate of drug-likeness (QED) is 0.513. The van der Waals surface area contributed by atoms with Gasteiger partial charge in [-0.15, -0.1) is 0 Å². The van der Waals surface area contributed by atoms with Crippen molar-refractivity contribution in [3.8, 4) is 0 Å². The number of hydrazone groups is 1. The summed E-state index contributed by atoms with van der Waals surface area (Å²) in [6.45, 7) is 1.99. The van der Waals surface area contributed by atoms with Gasteiger partial charge in [0.1, 0.15) is 5.76 Å². The van der Waals surface area contributed by atoms with Crippen LogP contribution in [0.1, 0.15) is 30.1 Å². The van der Waals surface area contributed by atoms with Gasteiger partial charge in [0.15, 0.2) is 11.0 Å². The van der Waals surface area contributed by atoms with E-state index in [1.807, 2.05) is 12.1 Å². The largest absolute Gasteiger partial charge is 0.440 e. The first-order valence-corrected chi connectivity index (χ1v) is 8.11. The zero-order chi connectivity index (χ0) is 16.1. The lowest BCUT2D eigenvalue weighted by atomic mass is 9.89. The van der Waals surface area contributed by atoms with E-state index in [0.29, 0.717) is 11.7 Å². The standard InChI is InChI=1S/C17H20N4OS/c18-17(23)20-19-12-15-6-7-16(22-15)21-10-8-14(9-11-21)13-4-2-1-3-5-13/h1-7,12,14H,8-11H2,(H3,18,20,23). The highest BCUT2D eigenvalue weighted by molar-refractivity contribution is 7.80. The van der Waals surface area contributed by atoms with E-state index in [1.54, 1.807) is 6.21 Å². The average Bonchev–Trinajstić information content (AvgIpc) is 3.04. The second kappa shape index (κ2) is 7.28. The Morgan fingerprint density at radius 2 is 1.96 bits per heavy atom. The van der Waals surface area contributed by atoms with Gasteiger partial charge in [-0.3, -0.25) is 5.43 Å². The fraction of sp³-hybridized carbons (Fsp3) is 0.294. The summed E-state index contributed by atoms with van der Waals surface area (Å²) < 4.78 is 5.80. The third-order valence-electron chi connectivity index (χ3n) is 4.06. The molecule has 1 fully saturated rings. The summed E-state index contributed by atoms with van der Waals surface area (Å²) in [5.74, 6) is 2.19. The molecule has 0 atom stereocenters. The Morgan fingerprint density at radius 3 is 2.65 bits per heavy atom. The van der Waals surface area contributed by atoms with Crippen LogP contribution in [0.25, 0.3) is 0 Å². The molecule has 1 aromatic heterocycles. The highest BCUT2D eigenvalue weighted by Crippen LogP contribution is 2.30. The van der Waals surface area contributed by atoms with Gasteiger partial charge in [0, 0.05) is 19.2 Å². The van der Waals surface area contributed by atoms with Crippen molar-refractivity contribution in [3.63, 3.8) is 0 Å². The molecule has 23 heavy (non-hydrogen) atoms. The molecule has 0 spiro atoms. The molecule has 0 bridgehead atoms. The normalized spacial score (nSPS) is 15.9. The minimum absolute atomic E-state index is 0.135. The lowest BCUT2D eigenvalue weighted by molar-refractivity contribution is 0.463. The van der Waals surface area contributed by atoms with E-state index < -0.39 is 0 Å². The highest BCUT2D eigenvalue weighted by Gasteiger charge is 2.22. The van der Waals surface area contributed by atoms with Crippen molar-refractivity contribution in [2.45, 2.75) is 18.8 Å². The van der Waals surface area contributed by atoms with Crippen molar-refractivity contribution in [1.82, 2.24) is 5.43 Å². The van der Waals surface area contributed by atoms with Crippen molar-refractivity contribution in [2.75, 3.05) is 18.0 Å². The van der Waals surface area contributed by atoms with Crippen molar-refractivity contribution in [3.05, 3.63) is 53.8 Å². The van der Waals surface area contributed by atoms with Crippen LogP contribution < -0.4 is 16.1 Å². The Bertz CT molecular complexity index is 675. The number of thiocarbonyl (C=S) groups is 1.